The Kier molecular flexibility index (Phi) is 5.53. The van der Waals surface area contributed by atoms with Crippen LogP contribution in [0.5, 0.6) is 0 Å². The number of rotatable bonds is 6. The van der Waals surface area contributed by atoms with Gasteiger partial charge in [-0.3, -0.25) is 0 Å². The molecule has 1 atom stereocenters. The van der Waals surface area contributed by atoms with Crippen molar-refractivity contribution in [3.63, 3.8) is 0 Å². The van der Waals surface area contributed by atoms with Crippen LogP contribution in [0.4, 0.5) is 0 Å². The van der Waals surface area contributed by atoms with Crippen molar-refractivity contribution in [1.29, 1.82) is 0 Å². The summed E-state index contributed by atoms with van der Waals surface area (Å²) in [4.78, 5) is 0.150. The van der Waals surface area contributed by atoms with Gasteiger partial charge in [-0.1, -0.05) is 24.9 Å². The van der Waals surface area contributed by atoms with Gasteiger partial charge in [0.25, 0.3) is 0 Å². The summed E-state index contributed by atoms with van der Waals surface area (Å²) in [5.74, 6) is -0.0417. The first-order chi connectivity index (χ1) is 10.3. The highest BCUT2D eigenvalue weighted by atomic mass is 35.5. The zero-order valence-electron chi connectivity index (χ0n) is 12.4. The van der Waals surface area contributed by atoms with E-state index in [9.17, 15) is 16.8 Å². The number of halogens is 1. The molecule has 1 aliphatic rings. The Balaban J connectivity index is 2.33. The Morgan fingerprint density at radius 1 is 1.27 bits per heavy atom. The summed E-state index contributed by atoms with van der Waals surface area (Å²) in [6.45, 7) is 2.31. The fourth-order valence-corrected chi connectivity index (χ4v) is 6.20. The van der Waals surface area contributed by atoms with Gasteiger partial charge < -0.3 is 0 Å². The van der Waals surface area contributed by atoms with E-state index in [4.69, 9.17) is 11.6 Å². The van der Waals surface area contributed by atoms with E-state index in [1.807, 2.05) is 6.92 Å². The van der Waals surface area contributed by atoms with Crippen LogP contribution in [0.3, 0.4) is 0 Å². The van der Waals surface area contributed by atoms with Crippen molar-refractivity contribution in [2.24, 2.45) is 0 Å². The lowest BCUT2D eigenvalue weighted by Crippen LogP contribution is -2.41. The third-order valence-electron chi connectivity index (χ3n) is 3.77. The summed E-state index contributed by atoms with van der Waals surface area (Å²) >= 11 is 5.80. The Morgan fingerprint density at radius 2 is 1.91 bits per heavy atom. The first-order valence-corrected chi connectivity index (χ1v) is 10.9. The highest BCUT2D eigenvalue weighted by Gasteiger charge is 2.38. The van der Waals surface area contributed by atoms with E-state index in [0.717, 1.165) is 6.42 Å². The molecule has 0 aromatic heterocycles. The highest BCUT2D eigenvalue weighted by Crippen LogP contribution is 2.26. The fraction of sp³-hybridized carbons (Fsp3) is 0.571. The number of nitrogens with zero attached hydrogens (tertiary/aromatic N) is 1. The highest BCUT2D eigenvalue weighted by molar-refractivity contribution is 7.92. The molecule has 22 heavy (non-hydrogen) atoms. The van der Waals surface area contributed by atoms with Gasteiger partial charge >= 0.3 is 0 Å². The third-order valence-corrected chi connectivity index (χ3v) is 7.74. The van der Waals surface area contributed by atoms with Gasteiger partial charge in [0.05, 0.1) is 16.4 Å². The lowest BCUT2D eigenvalue weighted by molar-refractivity contribution is 0.335. The van der Waals surface area contributed by atoms with Crippen LogP contribution in [0, 0.1) is 0 Å². The normalized spacial score (nSPS) is 21.3. The van der Waals surface area contributed by atoms with Crippen molar-refractivity contribution < 1.29 is 16.8 Å². The summed E-state index contributed by atoms with van der Waals surface area (Å²) in [6.07, 6.45) is 1.90. The molecule has 1 heterocycles. The Bertz CT molecular complexity index is 714. The molecular weight excluding hydrogens is 346 g/mol. The molecular formula is C14H20ClNO4S2. The molecule has 124 valence electrons. The van der Waals surface area contributed by atoms with E-state index in [1.165, 1.54) is 28.6 Å². The molecule has 0 spiro atoms. The minimum absolute atomic E-state index is 0.0520. The molecule has 0 saturated carbocycles. The van der Waals surface area contributed by atoms with Crippen LogP contribution in [0.25, 0.3) is 0 Å². The van der Waals surface area contributed by atoms with Gasteiger partial charge in [-0.05, 0) is 37.1 Å². The second kappa shape index (κ2) is 6.86. The van der Waals surface area contributed by atoms with Crippen LogP contribution in [-0.4, -0.2) is 45.2 Å². The van der Waals surface area contributed by atoms with Crippen LogP contribution in [0.1, 0.15) is 26.2 Å². The molecule has 1 aliphatic heterocycles. The van der Waals surface area contributed by atoms with Crippen molar-refractivity contribution in [2.75, 3.05) is 18.1 Å². The van der Waals surface area contributed by atoms with Crippen LogP contribution >= 0.6 is 11.6 Å². The summed E-state index contributed by atoms with van der Waals surface area (Å²) < 4.78 is 50.4. The van der Waals surface area contributed by atoms with E-state index in [1.54, 1.807) is 0 Å². The monoisotopic (exact) mass is 365 g/mol. The lowest BCUT2D eigenvalue weighted by atomic mass is 10.2. The second-order valence-electron chi connectivity index (χ2n) is 5.48. The van der Waals surface area contributed by atoms with Crippen molar-refractivity contribution >= 4 is 31.5 Å². The molecule has 1 aromatic carbocycles. The molecule has 1 fully saturated rings. The van der Waals surface area contributed by atoms with Gasteiger partial charge in [0.2, 0.25) is 10.0 Å². The topological polar surface area (TPSA) is 71.5 Å². The van der Waals surface area contributed by atoms with Crippen LogP contribution in [-0.2, 0) is 19.9 Å². The Hall–Kier alpha value is -0.630. The molecule has 0 amide bonds. The third kappa shape index (κ3) is 4.01. The smallest absolute Gasteiger partial charge is 0.229 e. The van der Waals surface area contributed by atoms with E-state index in [2.05, 4.69) is 0 Å². The summed E-state index contributed by atoms with van der Waals surface area (Å²) in [7, 11) is -6.86. The van der Waals surface area contributed by atoms with Gasteiger partial charge in [0.15, 0.2) is 9.84 Å². The first-order valence-electron chi connectivity index (χ1n) is 7.24. The molecule has 1 unspecified atom stereocenters. The van der Waals surface area contributed by atoms with E-state index >= 15 is 0 Å². The van der Waals surface area contributed by atoms with Gasteiger partial charge in [0, 0.05) is 17.6 Å². The molecule has 2 rings (SSSR count). The maximum absolute atomic E-state index is 12.8. The van der Waals surface area contributed by atoms with Gasteiger partial charge in [-0.2, -0.15) is 4.31 Å². The maximum Gasteiger partial charge on any atom is 0.243 e. The zero-order valence-corrected chi connectivity index (χ0v) is 14.8. The first kappa shape index (κ1) is 17.7. The second-order valence-corrected chi connectivity index (χ2v) is 10.0. The van der Waals surface area contributed by atoms with E-state index in [-0.39, 0.29) is 16.4 Å². The van der Waals surface area contributed by atoms with Gasteiger partial charge in [-0.25, -0.2) is 16.8 Å². The van der Waals surface area contributed by atoms with Crippen molar-refractivity contribution in [1.82, 2.24) is 4.31 Å². The average molecular weight is 366 g/mol. The zero-order chi connectivity index (χ0) is 16.4. The van der Waals surface area contributed by atoms with E-state index < -0.39 is 25.9 Å². The predicted octanol–water partition coefficient (Wildman–Crippen LogP) is 2.32. The SMILES string of the molecule is CCCCN(C1CCS(=O)(=O)C1)S(=O)(=O)c1ccc(Cl)cc1. The van der Waals surface area contributed by atoms with Crippen LogP contribution in [0.2, 0.25) is 5.02 Å². The predicted molar refractivity (Wildman–Crippen MR) is 87.3 cm³/mol. The van der Waals surface area contributed by atoms with Crippen molar-refractivity contribution in [2.45, 2.75) is 37.1 Å². The number of benzene rings is 1. The average Bonchev–Trinajstić information content (AvgIpc) is 2.79. The van der Waals surface area contributed by atoms with Crippen LogP contribution in [0.15, 0.2) is 29.2 Å². The molecule has 1 aromatic rings. The molecule has 5 nitrogen and oxygen atoms in total. The fourth-order valence-electron chi connectivity index (χ4n) is 2.56. The number of hydrogen-bond donors (Lipinski definition) is 0. The maximum atomic E-state index is 12.8. The number of unbranched alkanes of at least 4 members (excludes halogenated alkanes) is 1. The minimum Gasteiger partial charge on any atom is -0.229 e. The minimum atomic E-state index is -3.71. The van der Waals surface area contributed by atoms with E-state index in [0.29, 0.717) is 24.4 Å². The number of sulfonamides is 1. The molecule has 0 N–H and O–H groups in total. The van der Waals surface area contributed by atoms with Gasteiger partial charge in [-0.15, -0.1) is 0 Å². The Labute approximate surface area is 137 Å². The lowest BCUT2D eigenvalue weighted by Gasteiger charge is -2.27. The molecule has 0 bridgehead atoms. The largest absolute Gasteiger partial charge is 0.243 e. The van der Waals surface area contributed by atoms with Gasteiger partial charge in [0.1, 0.15) is 0 Å². The summed E-state index contributed by atoms with van der Waals surface area (Å²) in [5.41, 5.74) is 0. The quantitative estimate of drug-likeness (QED) is 0.775. The molecule has 1 saturated heterocycles. The summed E-state index contributed by atoms with van der Waals surface area (Å²) in [6, 6.07) is 5.49. The molecule has 0 aliphatic carbocycles. The number of sulfone groups is 1. The van der Waals surface area contributed by atoms with Crippen molar-refractivity contribution in [3.8, 4) is 0 Å². The number of hydrogen-bond acceptors (Lipinski definition) is 4. The summed E-state index contributed by atoms with van der Waals surface area (Å²) in [5, 5.41) is 0.461. The van der Waals surface area contributed by atoms with Crippen molar-refractivity contribution in [3.05, 3.63) is 29.3 Å². The van der Waals surface area contributed by atoms with Crippen LogP contribution < -0.4 is 0 Å². The molecule has 8 heteroatoms. The Morgan fingerprint density at radius 3 is 2.41 bits per heavy atom. The standard InChI is InChI=1S/C14H20ClNO4S2/c1-2-3-9-16(13-8-10-21(17,18)11-13)22(19,20)14-6-4-12(15)5-7-14/h4-7,13H,2-3,8-11H2,1H3. The molecule has 0 radical (unpaired) electrons.